The van der Waals surface area contributed by atoms with Gasteiger partial charge in [0, 0.05) is 0 Å². The molecular formula is C11H11NO3S. The van der Waals surface area contributed by atoms with Crippen molar-refractivity contribution in [3.8, 4) is 5.75 Å². The van der Waals surface area contributed by atoms with Crippen LogP contribution in [0.15, 0.2) is 41.3 Å². The summed E-state index contributed by atoms with van der Waals surface area (Å²) in [4.78, 5) is 0.105. The summed E-state index contributed by atoms with van der Waals surface area (Å²) in [6.45, 7) is 0. The van der Waals surface area contributed by atoms with Crippen molar-refractivity contribution in [3.63, 3.8) is 0 Å². The third-order valence-corrected chi connectivity index (χ3v) is 3.26. The van der Waals surface area contributed by atoms with E-state index in [2.05, 4.69) is 0 Å². The second-order valence-corrected chi connectivity index (χ2v) is 4.98. The molecule has 0 saturated carbocycles. The molecule has 0 radical (unpaired) electrons. The number of nitrogens with two attached hydrogens (primary N) is 1. The molecule has 0 aliphatic rings. The maximum Gasteiger partial charge on any atom is 0.238 e. The van der Waals surface area contributed by atoms with Gasteiger partial charge in [0.1, 0.15) is 5.75 Å². The Morgan fingerprint density at radius 1 is 1.06 bits per heavy atom. The van der Waals surface area contributed by atoms with E-state index < -0.39 is 10.0 Å². The summed E-state index contributed by atoms with van der Waals surface area (Å²) in [7, 11) is -2.09. The Morgan fingerprint density at radius 3 is 2.38 bits per heavy atom. The SMILES string of the molecule is COc1ccc2ccc(S(N)(=O)=O)cc2c1. The number of benzene rings is 2. The van der Waals surface area contributed by atoms with Crippen molar-refractivity contribution < 1.29 is 13.2 Å². The molecule has 0 atom stereocenters. The van der Waals surface area contributed by atoms with Gasteiger partial charge in [-0.15, -0.1) is 0 Å². The summed E-state index contributed by atoms with van der Waals surface area (Å²) in [5, 5.41) is 6.78. The van der Waals surface area contributed by atoms with Gasteiger partial charge in [0.05, 0.1) is 12.0 Å². The molecule has 4 nitrogen and oxygen atoms in total. The molecule has 0 aliphatic heterocycles. The number of methoxy groups -OCH3 is 1. The van der Waals surface area contributed by atoms with Crippen molar-refractivity contribution in [1.29, 1.82) is 0 Å². The monoisotopic (exact) mass is 237 g/mol. The van der Waals surface area contributed by atoms with E-state index in [4.69, 9.17) is 9.88 Å². The molecule has 16 heavy (non-hydrogen) atoms. The fourth-order valence-electron chi connectivity index (χ4n) is 1.51. The molecule has 2 rings (SSSR count). The Kier molecular flexibility index (Phi) is 2.57. The van der Waals surface area contributed by atoms with E-state index in [9.17, 15) is 8.42 Å². The van der Waals surface area contributed by atoms with Crippen LogP contribution in [0.2, 0.25) is 0 Å². The number of sulfonamides is 1. The number of ether oxygens (including phenoxy) is 1. The molecule has 2 aromatic carbocycles. The molecule has 0 heterocycles. The van der Waals surface area contributed by atoms with Crippen molar-refractivity contribution in [2.24, 2.45) is 5.14 Å². The summed E-state index contributed by atoms with van der Waals surface area (Å²) in [5.74, 6) is 0.680. The van der Waals surface area contributed by atoms with Gasteiger partial charge < -0.3 is 4.74 Å². The maximum absolute atomic E-state index is 11.2. The number of rotatable bonds is 2. The smallest absolute Gasteiger partial charge is 0.238 e. The number of hydrogen-bond acceptors (Lipinski definition) is 3. The van der Waals surface area contributed by atoms with E-state index in [1.54, 1.807) is 19.2 Å². The van der Waals surface area contributed by atoms with E-state index in [1.807, 2.05) is 12.1 Å². The lowest BCUT2D eigenvalue weighted by atomic mass is 10.1. The summed E-state index contributed by atoms with van der Waals surface area (Å²) in [5.41, 5.74) is 0. The van der Waals surface area contributed by atoms with Crippen molar-refractivity contribution in [3.05, 3.63) is 36.4 Å². The van der Waals surface area contributed by atoms with Crippen LogP contribution in [0.5, 0.6) is 5.75 Å². The summed E-state index contributed by atoms with van der Waals surface area (Å²) in [6, 6.07) is 10.2. The molecular weight excluding hydrogens is 226 g/mol. The van der Waals surface area contributed by atoms with Gasteiger partial charge in [-0.2, -0.15) is 0 Å². The first-order valence-electron chi connectivity index (χ1n) is 4.61. The Labute approximate surface area is 93.7 Å². The van der Waals surface area contributed by atoms with Crippen LogP contribution >= 0.6 is 0 Å². The van der Waals surface area contributed by atoms with Gasteiger partial charge in [-0.1, -0.05) is 12.1 Å². The van der Waals surface area contributed by atoms with Gasteiger partial charge in [0.25, 0.3) is 0 Å². The van der Waals surface area contributed by atoms with Crippen molar-refractivity contribution in [2.45, 2.75) is 4.90 Å². The molecule has 0 bridgehead atoms. The van der Waals surface area contributed by atoms with Crippen LogP contribution < -0.4 is 9.88 Å². The average molecular weight is 237 g/mol. The summed E-state index contributed by atoms with van der Waals surface area (Å²) < 4.78 is 27.4. The average Bonchev–Trinajstić information content (AvgIpc) is 2.26. The van der Waals surface area contributed by atoms with Gasteiger partial charge in [0.2, 0.25) is 10.0 Å². The molecule has 2 N–H and O–H groups in total. The summed E-state index contributed by atoms with van der Waals surface area (Å²) in [6.07, 6.45) is 0. The van der Waals surface area contributed by atoms with Crippen LogP contribution in [-0.2, 0) is 10.0 Å². The fourth-order valence-corrected chi connectivity index (χ4v) is 2.06. The van der Waals surface area contributed by atoms with Crippen molar-refractivity contribution >= 4 is 20.8 Å². The highest BCUT2D eigenvalue weighted by Gasteiger charge is 2.08. The van der Waals surface area contributed by atoms with Crippen LogP contribution in [0.1, 0.15) is 0 Å². The molecule has 0 amide bonds. The lowest BCUT2D eigenvalue weighted by Gasteiger charge is -2.04. The molecule has 0 unspecified atom stereocenters. The van der Waals surface area contributed by atoms with Crippen molar-refractivity contribution in [1.82, 2.24) is 0 Å². The first kappa shape index (κ1) is 10.9. The Bertz CT molecular complexity index is 635. The lowest BCUT2D eigenvalue weighted by Crippen LogP contribution is -2.11. The minimum absolute atomic E-state index is 0.105. The lowest BCUT2D eigenvalue weighted by molar-refractivity contribution is 0.415. The molecule has 0 spiro atoms. The van der Waals surface area contributed by atoms with Crippen LogP contribution in [-0.4, -0.2) is 15.5 Å². The van der Waals surface area contributed by atoms with Crippen LogP contribution in [0.25, 0.3) is 10.8 Å². The molecule has 84 valence electrons. The van der Waals surface area contributed by atoms with E-state index in [0.29, 0.717) is 5.75 Å². The zero-order valence-corrected chi connectivity index (χ0v) is 9.49. The molecule has 0 fully saturated rings. The maximum atomic E-state index is 11.2. The Balaban J connectivity index is 2.69. The van der Waals surface area contributed by atoms with Crippen LogP contribution in [0, 0.1) is 0 Å². The van der Waals surface area contributed by atoms with Crippen LogP contribution in [0.3, 0.4) is 0 Å². The second-order valence-electron chi connectivity index (χ2n) is 3.42. The van der Waals surface area contributed by atoms with Gasteiger partial charge in [-0.25, -0.2) is 13.6 Å². The van der Waals surface area contributed by atoms with Crippen LogP contribution in [0.4, 0.5) is 0 Å². The number of fused-ring (bicyclic) bond motifs is 1. The highest BCUT2D eigenvalue weighted by atomic mass is 32.2. The van der Waals surface area contributed by atoms with E-state index in [0.717, 1.165) is 10.8 Å². The topological polar surface area (TPSA) is 69.4 Å². The third-order valence-electron chi connectivity index (χ3n) is 2.35. The predicted octanol–water partition coefficient (Wildman–Crippen LogP) is 1.50. The Morgan fingerprint density at radius 2 is 1.75 bits per heavy atom. The minimum atomic E-state index is -3.65. The largest absolute Gasteiger partial charge is 0.497 e. The number of hydrogen-bond donors (Lipinski definition) is 1. The molecule has 0 aromatic heterocycles. The normalized spacial score (nSPS) is 11.6. The zero-order chi connectivity index (χ0) is 11.8. The fraction of sp³-hybridized carbons (Fsp3) is 0.0909. The Hall–Kier alpha value is -1.59. The van der Waals surface area contributed by atoms with Gasteiger partial charge >= 0.3 is 0 Å². The predicted molar refractivity (Wildman–Crippen MR) is 61.9 cm³/mol. The highest BCUT2D eigenvalue weighted by molar-refractivity contribution is 7.89. The third kappa shape index (κ3) is 2.00. The van der Waals surface area contributed by atoms with Gasteiger partial charge in [0.15, 0.2) is 0 Å². The van der Waals surface area contributed by atoms with Crippen molar-refractivity contribution in [2.75, 3.05) is 7.11 Å². The van der Waals surface area contributed by atoms with Gasteiger partial charge in [-0.3, -0.25) is 0 Å². The standard InChI is InChI=1S/C11H11NO3S/c1-15-10-4-2-8-3-5-11(16(12,13)14)7-9(8)6-10/h2-7H,1H3,(H2,12,13,14). The van der Waals surface area contributed by atoms with E-state index in [-0.39, 0.29) is 4.90 Å². The molecule has 5 heteroatoms. The molecule has 0 saturated heterocycles. The van der Waals surface area contributed by atoms with E-state index >= 15 is 0 Å². The zero-order valence-electron chi connectivity index (χ0n) is 8.67. The molecule has 2 aromatic rings. The van der Waals surface area contributed by atoms with Gasteiger partial charge in [-0.05, 0) is 35.0 Å². The first-order chi connectivity index (χ1) is 7.50. The number of primary sulfonamides is 1. The first-order valence-corrected chi connectivity index (χ1v) is 6.16. The summed E-state index contributed by atoms with van der Waals surface area (Å²) >= 11 is 0. The quantitative estimate of drug-likeness (QED) is 0.860. The minimum Gasteiger partial charge on any atom is -0.497 e. The van der Waals surface area contributed by atoms with E-state index in [1.165, 1.54) is 12.1 Å². The highest BCUT2D eigenvalue weighted by Crippen LogP contribution is 2.23. The second kappa shape index (κ2) is 3.77. The molecule has 0 aliphatic carbocycles.